The summed E-state index contributed by atoms with van der Waals surface area (Å²) in [6.07, 6.45) is 1.61. The molecule has 0 aliphatic heterocycles. The lowest BCUT2D eigenvalue weighted by molar-refractivity contribution is 0.0942. The Morgan fingerprint density at radius 2 is 1.75 bits per heavy atom. The molecular formula is C22H23N3O3. The van der Waals surface area contributed by atoms with Crippen LogP contribution in [0.4, 0.5) is 11.4 Å². The Bertz CT molecular complexity index is 926. The Hall–Kier alpha value is -3.54. The van der Waals surface area contributed by atoms with Crippen molar-refractivity contribution in [3.05, 3.63) is 78.1 Å². The summed E-state index contributed by atoms with van der Waals surface area (Å²) in [5.74, 6) is 1.25. The van der Waals surface area contributed by atoms with Gasteiger partial charge in [-0.25, -0.2) is 0 Å². The highest BCUT2D eigenvalue weighted by atomic mass is 16.5. The molecule has 3 aromatic rings. The average Bonchev–Trinajstić information content (AvgIpc) is 2.72. The van der Waals surface area contributed by atoms with Crippen molar-refractivity contribution in [3.63, 3.8) is 0 Å². The van der Waals surface area contributed by atoms with E-state index in [4.69, 9.17) is 9.47 Å². The number of rotatable bonds is 8. The standard InChI is InChI=1S/C22H23N3O3/c1-16-4-3-5-17(14-16)25-18-10-11-23-21(15-18)22(26)24-12-13-28-20-8-6-19(27-2)7-9-20/h3-11,14-15H,12-13H2,1-2H3,(H,23,25)(H,24,26). The second-order valence-corrected chi connectivity index (χ2v) is 6.20. The second-order valence-electron chi connectivity index (χ2n) is 6.20. The van der Waals surface area contributed by atoms with E-state index < -0.39 is 0 Å². The first-order valence-electron chi connectivity index (χ1n) is 8.99. The zero-order chi connectivity index (χ0) is 19.8. The number of nitrogens with zero attached hydrogens (tertiary/aromatic N) is 1. The predicted molar refractivity (Wildman–Crippen MR) is 110 cm³/mol. The molecule has 0 saturated heterocycles. The molecule has 0 radical (unpaired) electrons. The third-order valence-corrected chi connectivity index (χ3v) is 4.02. The van der Waals surface area contributed by atoms with Crippen molar-refractivity contribution in [2.75, 3.05) is 25.6 Å². The number of benzene rings is 2. The first kappa shape index (κ1) is 19.2. The monoisotopic (exact) mass is 377 g/mol. The third kappa shape index (κ3) is 5.48. The number of carbonyl (C=O) groups is 1. The lowest BCUT2D eigenvalue weighted by Crippen LogP contribution is -2.28. The second kappa shape index (κ2) is 9.41. The minimum atomic E-state index is -0.244. The van der Waals surface area contributed by atoms with E-state index in [0.717, 1.165) is 28.4 Å². The van der Waals surface area contributed by atoms with E-state index in [1.165, 1.54) is 0 Å². The lowest BCUT2D eigenvalue weighted by atomic mass is 10.2. The largest absolute Gasteiger partial charge is 0.497 e. The minimum Gasteiger partial charge on any atom is -0.497 e. The summed E-state index contributed by atoms with van der Waals surface area (Å²) < 4.78 is 10.7. The van der Waals surface area contributed by atoms with Gasteiger partial charge in [-0.1, -0.05) is 12.1 Å². The zero-order valence-electron chi connectivity index (χ0n) is 15.9. The van der Waals surface area contributed by atoms with E-state index in [0.29, 0.717) is 18.8 Å². The number of methoxy groups -OCH3 is 1. The Morgan fingerprint density at radius 1 is 1.00 bits per heavy atom. The number of pyridine rings is 1. The average molecular weight is 377 g/mol. The van der Waals surface area contributed by atoms with Crippen LogP contribution in [-0.4, -0.2) is 31.2 Å². The number of amides is 1. The van der Waals surface area contributed by atoms with Gasteiger partial charge < -0.3 is 20.1 Å². The minimum absolute atomic E-state index is 0.244. The van der Waals surface area contributed by atoms with Crippen molar-refractivity contribution < 1.29 is 14.3 Å². The number of aromatic nitrogens is 1. The molecule has 1 amide bonds. The predicted octanol–water partition coefficient (Wildman–Crippen LogP) is 3.95. The van der Waals surface area contributed by atoms with Crippen LogP contribution in [0.5, 0.6) is 11.5 Å². The highest BCUT2D eigenvalue weighted by molar-refractivity contribution is 5.93. The topological polar surface area (TPSA) is 72.5 Å². The van der Waals surface area contributed by atoms with Gasteiger partial charge in [0.05, 0.1) is 13.7 Å². The van der Waals surface area contributed by atoms with Gasteiger partial charge in [0.2, 0.25) is 0 Å². The molecule has 3 rings (SSSR count). The maximum Gasteiger partial charge on any atom is 0.270 e. The van der Waals surface area contributed by atoms with E-state index in [1.54, 1.807) is 19.4 Å². The van der Waals surface area contributed by atoms with Gasteiger partial charge in [-0.05, 0) is 61.0 Å². The normalized spacial score (nSPS) is 10.2. The van der Waals surface area contributed by atoms with Gasteiger partial charge in [-0.3, -0.25) is 9.78 Å². The summed E-state index contributed by atoms with van der Waals surface area (Å²) in [5, 5.41) is 6.10. The van der Waals surface area contributed by atoms with Crippen LogP contribution < -0.4 is 20.1 Å². The fourth-order valence-corrected chi connectivity index (χ4v) is 2.62. The van der Waals surface area contributed by atoms with Crippen LogP contribution in [0.15, 0.2) is 66.9 Å². The summed E-state index contributed by atoms with van der Waals surface area (Å²) in [6, 6.07) is 18.9. The van der Waals surface area contributed by atoms with Gasteiger partial charge in [-0.2, -0.15) is 0 Å². The molecule has 144 valence electrons. The molecule has 6 nitrogen and oxygen atoms in total. The molecule has 0 atom stereocenters. The van der Waals surface area contributed by atoms with Crippen LogP contribution in [0, 0.1) is 6.92 Å². The maximum atomic E-state index is 12.3. The van der Waals surface area contributed by atoms with Crippen molar-refractivity contribution in [2.24, 2.45) is 0 Å². The molecule has 1 heterocycles. The number of hydrogen-bond donors (Lipinski definition) is 2. The summed E-state index contributed by atoms with van der Waals surface area (Å²) in [4.78, 5) is 16.5. The van der Waals surface area contributed by atoms with Gasteiger partial charge in [0, 0.05) is 17.6 Å². The molecule has 28 heavy (non-hydrogen) atoms. The van der Waals surface area contributed by atoms with Crippen molar-refractivity contribution in [3.8, 4) is 11.5 Å². The van der Waals surface area contributed by atoms with Gasteiger partial charge >= 0.3 is 0 Å². The fourth-order valence-electron chi connectivity index (χ4n) is 2.62. The molecule has 1 aromatic heterocycles. The molecule has 2 N–H and O–H groups in total. The van der Waals surface area contributed by atoms with Crippen molar-refractivity contribution in [1.82, 2.24) is 10.3 Å². The Morgan fingerprint density at radius 3 is 2.50 bits per heavy atom. The van der Waals surface area contributed by atoms with Gasteiger partial charge in [0.15, 0.2) is 0 Å². The van der Waals surface area contributed by atoms with E-state index in [1.807, 2.05) is 61.5 Å². The molecule has 2 aromatic carbocycles. The van der Waals surface area contributed by atoms with Gasteiger partial charge in [0.25, 0.3) is 5.91 Å². The summed E-state index contributed by atoms with van der Waals surface area (Å²) >= 11 is 0. The Balaban J connectivity index is 1.50. The smallest absolute Gasteiger partial charge is 0.270 e. The number of hydrogen-bond acceptors (Lipinski definition) is 5. The lowest BCUT2D eigenvalue weighted by Gasteiger charge is -2.10. The van der Waals surface area contributed by atoms with Crippen LogP contribution in [-0.2, 0) is 0 Å². The van der Waals surface area contributed by atoms with Crippen molar-refractivity contribution in [2.45, 2.75) is 6.92 Å². The van der Waals surface area contributed by atoms with Crippen LogP contribution in [0.2, 0.25) is 0 Å². The van der Waals surface area contributed by atoms with E-state index in [-0.39, 0.29) is 5.91 Å². The molecule has 0 spiro atoms. The van der Waals surface area contributed by atoms with Crippen LogP contribution in [0.1, 0.15) is 16.1 Å². The molecule has 0 saturated carbocycles. The Kier molecular flexibility index (Phi) is 6.46. The number of carbonyl (C=O) groups excluding carboxylic acids is 1. The first-order valence-corrected chi connectivity index (χ1v) is 8.99. The van der Waals surface area contributed by atoms with Crippen LogP contribution in [0.25, 0.3) is 0 Å². The van der Waals surface area contributed by atoms with Crippen molar-refractivity contribution in [1.29, 1.82) is 0 Å². The number of nitrogens with one attached hydrogen (secondary N) is 2. The molecule has 0 unspecified atom stereocenters. The number of anilines is 2. The van der Waals surface area contributed by atoms with E-state index in [2.05, 4.69) is 15.6 Å². The molecule has 0 aliphatic rings. The van der Waals surface area contributed by atoms with Crippen LogP contribution >= 0.6 is 0 Å². The molecule has 0 aliphatic carbocycles. The third-order valence-electron chi connectivity index (χ3n) is 4.02. The zero-order valence-corrected chi connectivity index (χ0v) is 15.9. The van der Waals surface area contributed by atoms with E-state index >= 15 is 0 Å². The molecule has 0 fully saturated rings. The van der Waals surface area contributed by atoms with E-state index in [9.17, 15) is 4.79 Å². The van der Waals surface area contributed by atoms with Gasteiger partial charge in [0.1, 0.15) is 23.8 Å². The molecule has 0 bridgehead atoms. The summed E-state index contributed by atoms with van der Waals surface area (Å²) in [5.41, 5.74) is 3.28. The van der Waals surface area contributed by atoms with Crippen molar-refractivity contribution >= 4 is 17.3 Å². The van der Waals surface area contributed by atoms with Gasteiger partial charge in [-0.15, -0.1) is 0 Å². The fraction of sp³-hybridized carbons (Fsp3) is 0.182. The molecule has 6 heteroatoms. The van der Waals surface area contributed by atoms with Crippen LogP contribution in [0.3, 0.4) is 0 Å². The summed E-state index contributed by atoms with van der Waals surface area (Å²) in [6.45, 7) is 2.77. The highest BCUT2D eigenvalue weighted by Gasteiger charge is 2.08. The number of aryl methyl sites for hydroxylation is 1. The first-order chi connectivity index (χ1) is 13.6. The maximum absolute atomic E-state index is 12.3. The Labute approximate surface area is 164 Å². The SMILES string of the molecule is COc1ccc(OCCNC(=O)c2cc(Nc3cccc(C)c3)ccn2)cc1. The summed E-state index contributed by atoms with van der Waals surface area (Å²) in [7, 11) is 1.62. The highest BCUT2D eigenvalue weighted by Crippen LogP contribution is 2.18. The quantitative estimate of drug-likeness (QED) is 0.582. The number of ether oxygens (including phenoxy) is 2. The molecular weight excluding hydrogens is 354 g/mol.